The van der Waals surface area contributed by atoms with Gasteiger partial charge in [-0.15, -0.1) is 0 Å². The van der Waals surface area contributed by atoms with Crippen molar-refractivity contribution in [3.8, 4) is 0 Å². The van der Waals surface area contributed by atoms with E-state index in [2.05, 4.69) is 5.16 Å². The third-order valence-corrected chi connectivity index (χ3v) is 6.66. The number of allylic oxidation sites excluding steroid dienone is 2. The van der Waals surface area contributed by atoms with Gasteiger partial charge in [0.05, 0.1) is 28.2 Å². The summed E-state index contributed by atoms with van der Waals surface area (Å²) in [5, 5.41) is 17.3. The Morgan fingerprint density at radius 3 is 2.68 bits per heavy atom. The summed E-state index contributed by atoms with van der Waals surface area (Å²) < 4.78 is 5.47. The van der Waals surface area contributed by atoms with Gasteiger partial charge in [0.2, 0.25) is 0 Å². The Kier molecular flexibility index (Phi) is 5.68. The fraction of sp³-hybridized carbons (Fsp3) is 0.357. The van der Waals surface area contributed by atoms with Crippen LogP contribution in [0.4, 0.5) is 5.69 Å². The number of fused-ring (bicyclic) bond motifs is 2. The lowest BCUT2D eigenvalue weighted by Crippen LogP contribution is -2.26. The summed E-state index contributed by atoms with van der Waals surface area (Å²) in [5.41, 5.74) is 2.64. The van der Waals surface area contributed by atoms with Crippen LogP contribution in [0.2, 0.25) is 0 Å². The van der Waals surface area contributed by atoms with Crippen LogP contribution in [0.25, 0.3) is 10.8 Å². The van der Waals surface area contributed by atoms with Crippen LogP contribution in [0.3, 0.4) is 0 Å². The molecule has 2 aliphatic rings. The third kappa shape index (κ3) is 4.32. The molecule has 0 aliphatic heterocycles. The highest BCUT2D eigenvalue weighted by molar-refractivity contribution is 6.24. The van der Waals surface area contributed by atoms with Crippen LogP contribution in [-0.2, 0) is 17.6 Å². The molecule has 6 heteroatoms. The second-order valence-corrected chi connectivity index (χ2v) is 10.1. The maximum Gasteiger partial charge on any atom is 0.168 e. The van der Waals surface area contributed by atoms with E-state index in [1.165, 1.54) is 0 Å². The highest BCUT2D eigenvalue weighted by atomic mass is 16.5. The molecule has 0 radical (unpaired) electrons. The Bertz CT molecular complexity index is 1360. The lowest BCUT2D eigenvalue weighted by Gasteiger charge is -2.26. The van der Waals surface area contributed by atoms with Crippen LogP contribution in [-0.4, -0.2) is 27.5 Å². The highest BCUT2D eigenvalue weighted by Crippen LogP contribution is 2.36. The molecule has 2 aromatic carbocycles. The average Bonchev–Trinajstić information content (AvgIpc) is 3.19. The Morgan fingerprint density at radius 2 is 1.85 bits per heavy atom. The number of carbonyl (C=O) groups is 2. The number of ketones is 2. The van der Waals surface area contributed by atoms with Crippen molar-refractivity contribution in [2.75, 3.05) is 0 Å². The van der Waals surface area contributed by atoms with Crippen molar-refractivity contribution in [3.63, 3.8) is 0 Å². The van der Waals surface area contributed by atoms with E-state index < -0.39 is 0 Å². The lowest BCUT2D eigenvalue weighted by molar-refractivity contribution is -0.115. The van der Waals surface area contributed by atoms with Gasteiger partial charge in [-0.25, -0.2) is 0 Å². The zero-order chi connectivity index (χ0) is 23.9. The summed E-state index contributed by atoms with van der Waals surface area (Å²) in [6.45, 7) is 4.08. The Hall–Kier alpha value is -3.54. The molecule has 0 amide bonds. The SMILES string of the molecule is CC1(C)CC(=O)c2c(CCC(O)=C3C(=O)CCCC3=Nc3ccc4ccccc4c3)noc2C1. The topological polar surface area (TPSA) is 92.8 Å². The predicted octanol–water partition coefficient (Wildman–Crippen LogP) is 6.25. The largest absolute Gasteiger partial charge is 0.511 e. The number of aliphatic hydroxyl groups is 1. The molecule has 1 heterocycles. The van der Waals surface area contributed by atoms with Crippen LogP contribution in [0.1, 0.15) is 67.8 Å². The first-order chi connectivity index (χ1) is 16.3. The zero-order valence-electron chi connectivity index (χ0n) is 19.6. The molecular weight excluding hydrogens is 428 g/mol. The predicted molar refractivity (Wildman–Crippen MR) is 131 cm³/mol. The second kappa shape index (κ2) is 8.67. The molecule has 6 nitrogen and oxygen atoms in total. The number of benzene rings is 2. The molecule has 34 heavy (non-hydrogen) atoms. The van der Waals surface area contributed by atoms with Crippen LogP contribution in [0.15, 0.2) is 63.3 Å². The lowest BCUT2D eigenvalue weighted by atomic mass is 9.76. The summed E-state index contributed by atoms with van der Waals surface area (Å²) in [6.07, 6.45) is 3.37. The molecule has 5 rings (SSSR count). The summed E-state index contributed by atoms with van der Waals surface area (Å²) in [7, 11) is 0. The van der Waals surface area contributed by atoms with E-state index in [4.69, 9.17) is 9.52 Å². The van der Waals surface area contributed by atoms with Gasteiger partial charge in [-0.05, 0) is 41.2 Å². The van der Waals surface area contributed by atoms with Gasteiger partial charge < -0.3 is 9.63 Å². The van der Waals surface area contributed by atoms with Crippen molar-refractivity contribution in [1.29, 1.82) is 0 Å². The first-order valence-corrected chi connectivity index (χ1v) is 11.8. The van der Waals surface area contributed by atoms with Gasteiger partial charge >= 0.3 is 0 Å². The summed E-state index contributed by atoms with van der Waals surface area (Å²) >= 11 is 0. The number of aliphatic imine (C=N–C) groups is 1. The number of carbonyl (C=O) groups excluding carboxylic acids is 2. The van der Waals surface area contributed by atoms with E-state index in [0.29, 0.717) is 66.8 Å². The van der Waals surface area contributed by atoms with Crippen LogP contribution >= 0.6 is 0 Å². The van der Waals surface area contributed by atoms with Gasteiger partial charge in [0.25, 0.3) is 0 Å². The van der Waals surface area contributed by atoms with Crippen molar-refractivity contribution < 1.29 is 19.2 Å². The van der Waals surface area contributed by atoms with Crippen LogP contribution in [0.5, 0.6) is 0 Å². The molecular formula is C28H28N2O4. The summed E-state index contributed by atoms with van der Waals surface area (Å²) in [5.74, 6) is 0.561. The van der Waals surface area contributed by atoms with Crippen molar-refractivity contribution >= 4 is 33.7 Å². The van der Waals surface area contributed by atoms with Gasteiger partial charge in [-0.2, -0.15) is 0 Å². The molecule has 2 aliphatic carbocycles. The number of aliphatic hydroxyl groups excluding tert-OH is 1. The Balaban J connectivity index is 1.42. The molecule has 0 atom stereocenters. The minimum Gasteiger partial charge on any atom is -0.511 e. The highest BCUT2D eigenvalue weighted by Gasteiger charge is 2.36. The number of aryl methyl sites for hydroxylation is 1. The van der Waals surface area contributed by atoms with Gasteiger partial charge in [-0.3, -0.25) is 14.6 Å². The van der Waals surface area contributed by atoms with Gasteiger partial charge in [0, 0.05) is 32.1 Å². The van der Waals surface area contributed by atoms with Gasteiger partial charge in [0.15, 0.2) is 11.6 Å². The molecule has 0 spiro atoms. The molecule has 1 N–H and O–H groups in total. The van der Waals surface area contributed by atoms with Crippen molar-refractivity contribution in [3.05, 3.63) is 70.8 Å². The molecule has 174 valence electrons. The number of aromatic nitrogens is 1. The van der Waals surface area contributed by atoms with E-state index in [0.717, 1.165) is 16.5 Å². The molecule has 0 saturated heterocycles. The monoisotopic (exact) mass is 456 g/mol. The van der Waals surface area contributed by atoms with Gasteiger partial charge in [-0.1, -0.05) is 49.3 Å². The number of Topliss-reactive ketones (excluding diaryl/α,β-unsaturated/α-hetero) is 2. The number of rotatable bonds is 4. The fourth-order valence-electron chi connectivity index (χ4n) is 5.02. The van der Waals surface area contributed by atoms with Crippen molar-refractivity contribution in [2.24, 2.45) is 10.4 Å². The normalized spacial score (nSPS) is 20.6. The van der Waals surface area contributed by atoms with Crippen molar-refractivity contribution in [2.45, 2.75) is 58.8 Å². The van der Waals surface area contributed by atoms with E-state index >= 15 is 0 Å². The second-order valence-electron chi connectivity index (χ2n) is 10.1. The number of hydrogen-bond donors (Lipinski definition) is 1. The summed E-state index contributed by atoms with van der Waals surface area (Å²) in [6, 6.07) is 14.0. The van der Waals surface area contributed by atoms with Crippen LogP contribution in [0, 0.1) is 5.41 Å². The maximum absolute atomic E-state index is 12.8. The molecule has 3 aromatic rings. The van der Waals surface area contributed by atoms with Gasteiger partial charge in [0.1, 0.15) is 11.5 Å². The van der Waals surface area contributed by atoms with E-state index in [-0.39, 0.29) is 29.2 Å². The number of hydrogen-bond acceptors (Lipinski definition) is 6. The van der Waals surface area contributed by atoms with E-state index in [9.17, 15) is 14.7 Å². The molecule has 1 fully saturated rings. The molecule has 1 saturated carbocycles. The van der Waals surface area contributed by atoms with E-state index in [1.54, 1.807) is 0 Å². The third-order valence-electron chi connectivity index (χ3n) is 6.66. The standard InChI is InChI=1S/C28H28N2O4/c1-28(2)15-24(33)27-21(30-34-25(27)16-28)12-13-23(32)26-20(8-5-9-22(26)31)29-19-11-10-17-6-3-4-7-18(17)14-19/h3-4,6-7,10-11,14,32H,5,8-9,12-13,15-16H2,1-2H3. The fourth-order valence-corrected chi connectivity index (χ4v) is 5.02. The smallest absolute Gasteiger partial charge is 0.168 e. The number of nitrogens with zero attached hydrogens (tertiary/aromatic N) is 2. The first kappa shape index (κ1) is 22.3. The molecule has 0 bridgehead atoms. The minimum absolute atomic E-state index is 0.00424. The quantitative estimate of drug-likeness (QED) is 0.370. The zero-order valence-corrected chi connectivity index (χ0v) is 19.6. The molecule has 0 unspecified atom stereocenters. The maximum atomic E-state index is 12.8. The van der Waals surface area contributed by atoms with E-state index in [1.807, 2.05) is 56.3 Å². The van der Waals surface area contributed by atoms with Crippen LogP contribution < -0.4 is 0 Å². The average molecular weight is 457 g/mol. The van der Waals surface area contributed by atoms with Crippen molar-refractivity contribution in [1.82, 2.24) is 5.16 Å². The minimum atomic E-state index is -0.145. The Labute approximate surface area is 198 Å². The summed E-state index contributed by atoms with van der Waals surface area (Å²) in [4.78, 5) is 30.2. The Morgan fingerprint density at radius 1 is 1.06 bits per heavy atom. The molecule has 1 aromatic heterocycles. The first-order valence-electron chi connectivity index (χ1n) is 11.8.